The Hall–Kier alpha value is -1.48. The highest BCUT2D eigenvalue weighted by Crippen LogP contribution is 2.30. The van der Waals surface area contributed by atoms with E-state index in [4.69, 9.17) is 9.47 Å². The first-order chi connectivity index (χ1) is 9.97. The highest BCUT2D eigenvalue weighted by molar-refractivity contribution is 9.10. The Bertz CT molecular complexity index is 588. The summed E-state index contributed by atoms with van der Waals surface area (Å²) in [4.78, 5) is 0. The summed E-state index contributed by atoms with van der Waals surface area (Å²) < 4.78 is 12.6. The van der Waals surface area contributed by atoms with Crippen LogP contribution in [0, 0.1) is 0 Å². The van der Waals surface area contributed by atoms with E-state index in [1.165, 1.54) is 5.56 Å². The van der Waals surface area contributed by atoms with Crippen molar-refractivity contribution in [2.24, 2.45) is 0 Å². The summed E-state index contributed by atoms with van der Waals surface area (Å²) in [5.41, 5.74) is 1.29. The molecule has 0 unspecified atom stereocenters. The summed E-state index contributed by atoms with van der Waals surface area (Å²) in [5, 5.41) is 0. The van der Waals surface area contributed by atoms with Crippen LogP contribution in [0.1, 0.15) is 26.3 Å². The molecule has 0 aliphatic heterocycles. The summed E-state index contributed by atoms with van der Waals surface area (Å²) in [7, 11) is 0. The molecule has 0 aliphatic rings. The van der Waals surface area contributed by atoms with Gasteiger partial charge in [0.25, 0.3) is 0 Å². The summed E-state index contributed by atoms with van der Waals surface area (Å²) in [6.45, 7) is 7.61. The molecule has 0 aliphatic carbocycles. The Morgan fingerprint density at radius 2 is 1.62 bits per heavy atom. The van der Waals surface area contributed by atoms with Crippen molar-refractivity contribution >= 4 is 15.9 Å². The average molecular weight is 349 g/mol. The van der Waals surface area contributed by atoms with E-state index in [2.05, 4.69) is 42.8 Å². The van der Waals surface area contributed by atoms with E-state index in [1.54, 1.807) is 0 Å². The van der Waals surface area contributed by atoms with Crippen LogP contribution in [0.5, 0.6) is 11.5 Å². The largest absolute Gasteiger partial charge is 0.490 e. The van der Waals surface area contributed by atoms with Gasteiger partial charge in [0.05, 0.1) is 0 Å². The molecule has 2 aromatic rings. The van der Waals surface area contributed by atoms with Gasteiger partial charge in [-0.05, 0) is 35.2 Å². The van der Waals surface area contributed by atoms with Crippen LogP contribution in [0.25, 0.3) is 0 Å². The topological polar surface area (TPSA) is 18.5 Å². The van der Waals surface area contributed by atoms with Gasteiger partial charge >= 0.3 is 0 Å². The van der Waals surface area contributed by atoms with Gasteiger partial charge in [-0.25, -0.2) is 0 Å². The van der Waals surface area contributed by atoms with Crippen molar-refractivity contribution in [3.05, 3.63) is 58.6 Å². The predicted octanol–water partition coefficient (Wildman–Crippen LogP) is 5.20. The lowest BCUT2D eigenvalue weighted by molar-refractivity contribution is 0.214. The second-order valence-electron chi connectivity index (χ2n) is 5.90. The normalized spacial score (nSPS) is 11.2. The molecule has 0 amide bonds. The standard InChI is InChI=1S/C18H21BrO2/c1-18(2,3)16-9-4-5-10-17(16)21-12-11-20-15-8-6-7-14(19)13-15/h4-10,13H,11-12H2,1-3H3. The third kappa shape index (κ3) is 4.78. The molecule has 112 valence electrons. The first-order valence-electron chi connectivity index (χ1n) is 7.07. The van der Waals surface area contributed by atoms with E-state index in [0.29, 0.717) is 13.2 Å². The van der Waals surface area contributed by atoms with Crippen LogP contribution in [0.3, 0.4) is 0 Å². The summed E-state index contributed by atoms with van der Waals surface area (Å²) in [6.07, 6.45) is 0. The average Bonchev–Trinajstić information content (AvgIpc) is 2.43. The van der Waals surface area contributed by atoms with Crippen LogP contribution < -0.4 is 9.47 Å². The number of benzene rings is 2. The van der Waals surface area contributed by atoms with Crippen LogP contribution in [0.15, 0.2) is 53.0 Å². The first-order valence-corrected chi connectivity index (χ1v) is 7.87. The molecule has 3 heteroatoms. The van der Waals surface area contributed by atoms with Crippen LogP contribution >= 0.6 is 15.9 Å². The van der Waals surface area contributed by atoms with Crippen LogP contribution in [0.2, 0.25) is 0 Å². The maximum Gasteiger partial charge on any atom is 0.123 e. The zero-order valence-corrected chi connectivity index (χ0v) is 14.3. The highest BCUT2D eigenvalue weighted by Gasteiger charge is 2.18. The summed E-state index contributed by atoms with van der Waals surface area (Å²) in [5.74, 6) is 1.78. The molecule has 2 nitrogen and oxygen atoms in total. The van der Waals surface area contributed by atoms with Gasteiger partial charge in [-0.1, -0.05) is 61.0 Å². The van der Waals surface area contributed by atoms with Gasteiger partial charge in [0.2, 0.25) is 0 Å². The number of hydrogen-bond acceptors (Lipinski definition) is 2. The molecule has 2 aromatic carbocycles. The molecular formula is C18H21BrO2. The quantitative estimate of drug-likeness (QED) is 0.691. The number of halogens is 1. The zero-order chi connectivity index (χ0) is 15.3. The lowest BCUT2D eigenvalue weighted by Gasteiger charge is -2.22. The maximum absolute atomic E-state index is 5.88. The molecule has 0 heterocycles. The number of hydrogen-bond donors (Lipinski definition) is 0. The Morgan fingerprint density at radius 1 is 0.905 bits per heavy atom. The van der Waals surface area contributed by atoms with Gasteiger partial charge in [0.15, 0.2) is 0 Å². The molecule has 0 spiro atoms. The third-order valence-electron chi connectivity index (χ3n) is 3.10. The van der Waals surface area contributed by atoms with Crippen molar-refractivity contribution < 1.29 is 9.47 Å². The molecule has 0 saturated heterocycles. The van der Waals surface area contributed by atoms with Crippen molar-refractivity contribution in [2.75, 3.05) is 13.2 Å². The van der Waals surface area contributed by atoms with E-state index < -0.39 is 0 Å². The third-order valence-corrected chi connectivity index (χ3v) is 3.59. The van der Waals surface area contributed by atoms with Crippen molar-refractivity contribution in [1.29, 1.82) is 0 Å². The fourth-order valence-electron chi connectivity index (χ4n) is 2.08. The monoisotopic (exact) mass is 348 g/mol. The molecule has 0 fully saturated rings. The molecule has 2 rings (SSSR count). The lowest BCUT2D eigenvalue weighted by atomic mass is 9.86. The summed E-state index contributed by atoms with van der Waals surface area (Å²) in [6, 6.07) is 16.0. The molecule has 21 heavy (non-hydrogen) atoms. The maximum atomic E-state index is 5.88. The lowest BCUT2D eigenvalue weighted by Crippen LogP contribution is -2.15. The Morgan fingerprint density at radius 3 is 2.33 bits per heavy atom. The van der Waals surface area contributed by atoms with E-state index >= 15 is 0 Å². The summed E-state index contributed by atoms with van der Waals surface area (Å²) >= 11 is 3.43. The van der Waals surface area contributed by atoms with E-state index in [-0.39, 0.29) is 5.41 Å². The Labute approximate surface area is 135 Å². The van der Waals surface area contributed by atoms with Gasteiger partial charge in [0.1, 0.15) is 24.7 Å². The molecule has 0 atom stereocenters. The fraction of sp³-hybridized carbons (Fsp3) is 0.333. The molecule has 0 bridgehead atoms. The van der Waals surface area contributed by atoms with Crippen molar-refractivity contribution in [3.63, 3.8) is 0 Å². The molecule has 0 aromatic heterocycles. The van der Waals surface area contributed by atoms with Gasteiger partial charge in [-0.3, -0.25) is 0 Å². The van der Waals surface area contributed by atoms with Crippen LogP contribution in [-0.4, -0.2) is 13.2 Å². The van der Waals surface area contributed by atoms with E-state index in [1.807, 2.05) is 42.5 Å². The van der Waals surface area contributed by atoms with E-state index in [9.17, 15) is 0 Å². The molecular weight excluding hydrogens is 328 g/mol. The van der Waals surface area contributed by atoms with Crippen molar-refractivity contribution in [3.8, 4) is 11.5 Å². The molecule has 0 radical (unpaired) electrons. The SMILES string of the molecule is CC(C)(C)c1ccccc1OCCOc1cccc(Br)c1. The van der Waals surface area contributed by atoms with Gasteiger partial charge in [0, 0.05) is 4.47 Å². The van der Waals surface area contributed by atoms with Crippen molar-refractivity contribution in [2.45, 2.75) is 26.2 Å². The minimum Gasteiger partial charge on any atom is -0.490 e. The molecule has 0 saturated carbocycles. The molecule has 0 N–H and O–H groups in total. The van der Waals surface area contributed by atoms with Crippen LogP contribution in [-0.2, 0) is 5.41 Å². The van der Waals surface area contributed by atoms with Crippen LogP contribution in [0.4, 0.5) is 0 Å². The van der Waals surface area contributed by atoms with Crippen molar-refractivity contribution in [1.82, 2.24) is 0 Å². The van der Waals surface area contributed by atoms with E-state index in [0.717, 1.165) is 16.0 Å². The Balaban J connectivity index is 1.90. The number of para-hydroxylation sites is 1. The highest BCUT2D eigenvalue weighted by atomic mass is 79.9. The fourth-order valence-corrected chi connectivity index (χ4v) is 2.46. The van der Waals surface area contributed by atoms with Gasteiger partial charge in [-0.2, -0.15) is 0 Å². The second kappa shape index (κ2) is 6.99. The first kappa shape index (κ1) is 15.9. The minimum absolute atomic E-state index is 0.0712. The number of rotatable bonds is 5. The smallest absolute Gasteiger partial charge is 0.123 e. The predicted molar refractivity (Wildman–Crippen MR) is 90.3 cm³/mol. The van der Waals surface area contributed by atoms with Gasteiger partial charge in [-0.15, -0.1) is 0 Å². The number of ether oxygens (including phenoxy) is 2. The van der Waals surface area contributed by atoms with Gasteiger partial charge < -0.3 is 9.47 Å². The Kier molecular flexibility index (Phi) is 5.29. The zero-order valence-electron chi connectivity index (χ0n) is 12.7. The minimum atomic E-state index is 0.0712. The second-order valence-corrected chi connectivity index (χ2v) is 6.82.